The number of halogens is 1. The van der Waals surface area contributed by atoms with Crippen LogP contribution >= 0.6 is 27.3 Å². The first kappa shape index (κ1) is 11.1. The normalized spacial score (nSPS) is 21.7. The standard InChI is InChI=1S/C11H14BrNOS/c1-8-3-2-6-13(7-8)11(14)9-4-5-10(12)15-9/h4-5,8H,2-3,6-7H2,1H3/t8-/m0/s1. The lowest BCUT2D eigenvalue weighted by atomic mass is 10.0. The quantitative estimate of drug-likeness (QED) is 0.775. The number of carbonyl (C=O) groups is 1. The second kappa shape index (κ2) is 4.66. The Labute approximate surface area is 102 Å². The predicted molar refractivity (Wildman–Crippen MR) is 66.3 cm³/mol. The van der Waals surface area contributed by atoms with Gasteiger partial charge < -0.3 is 4.90 Å². The molecule has 0 bridgehead atoms. The van der Waals surface area contributed by atoms with Gasteiger partial charge in [0.05, 0.1) is 8.66 Å². The van der Waals surface area contributed by atoms with E-state index >= 15 is 0 Å². The number of thiophene rings is 1. The van der Waals surface area contributed by atoms with Crippen LogP contribution in [0.4, 0.5) is 0 Å². The number of hydrogen-bond acceptors (Lipinski definition) is 2. The summed E-state index contributed by atoms with van der Waals surface area (Å²) in [6.45, 7) is 4.04. The fraction of sp³-hybridized carbons (Fsp3) is 0.545. The van der Waals surface area contributed by atoms with Crippen molar-refractivity contribution in [3.05, 3.63) is 20.8 Å². The van der Waals surface area contributed by atoms with Crippen molar-refractivity contribution in [3.8, 4) is 0 Å². The zero-order chi connectivity index (χ0) is 10.8. The molecular weight excluding hydrogens is 274 g/mol. The molecule has 1 fully saturated rings. The Morgan fingerprint density at radius 3 is 3.00 bits per heavy atom. The van der Waals surface area contributed by atoms with Gasteiger partial charge in [-0.3, -0.25) is 4.79 Å². The van der Waals surface area contributed by atoms with Gasteiger partial charge in [0.1, 0.15) is 0 Å². The average molecular weight is 288 g/mol. The Hall–Kier alpha value is -0.350. The van der Waals surface area contributed by atoms with Gasteiger partial charge in [-0.2, -0.15) is 0 Å². The highest BCUT2D eigenvalue weighted by atomic mass is 79.9. The van der Waals surface area contributed by atoms with Crippen LogP contribution in [0, 0.1) is 5.92 Å². The minimum absolute atomic E-state index is 0.192. The van der Waals surface area contributed by atoms with Crippen molar-refractivity contribution in [1.82, 2.24) is 4.90 Å². The van der Waals surface area contributed by atoms with Gasteiger partial charge >= 0.3 is 0 Å². The predicted octanol–water partition coefficient (Wildman–Crippen LogP) is 3.38. The number of hydrogen-bond donors (Lipinski definition) is 0. The molecule has 0 aliphatic carbocycles. The number of nitrogens with zero attached hydrogens (tertiary/aromatic N) is 1. The van der Waals surface area contributed by atoms with Gasteiger partial charge in [0, 0.05) is 13.1 Å². The smallest absolute Gasteiger partial charge is 0.263 e. The first-order valence-electron chi connectivity index (χ1n) is 5.21. The maximum atomic E-state index is 12.1. The molecule has 0 aromatic carbocycles. The summed E-state index contributed by atoms with van der Waals surface area (Å²) >= 11 is 4.90. The molecule has 1 amide bonds. The first-order valence-corrected chi connectivity index (χ1v) is 6.82. The molecule has 0 N–H and O–H groups in total. The molecule has 82 valence electrons. The SMILES string of the molecule is C[C@H]1CCCN(C(=O)c2ccc(Br)s2)C1. The molecule has 0 radical (unpaired) electrons. The number of carbonyl (C=O) groups excluding carboxylic acids is 1. The van der Waals surface area contributed by atoms with E-state index in [0.29, 0.717) is 5.92 Å². The molecule has 2 nitrogen and oxygen atoms in total. The van der Waals surface area contributed by atoms with Crippen molar-refractivity contribution in [3.63, 3.8) is 0 Å². The van der Waals surface area contributed by atoms with Crippen molar-refractivity contribution < 1.29 is 4.79 Å². The highest BCUT2D eigenvalue weighted by Gasteiger charge is 2.22. The summed E-state index contributed by atoms with van der Waals surface area (Å²) in [5, 5.41) is 0. The van der Waals surface area contributed by atoms with Gasteiger partial charge in [0.2, 0.25) is 0 Å². The Balaban J connectivity index is 2.07. The fourth-order valence-corrected chi connectivity index (χ4v) is 3.31. The van der Waals surface area contributed by atoms with Crippen molar-refractivity contribution >= 4 is 33.2 Å². The summed E-state index contributed by atoms with van der Waals surface area (Å²) in [5.41, 5.74) is 0. The molecule has 15 heavy (non-hydrogen) atoms. The van der Waals surface area contributed by atoms with Crippen LogP contribution in [0.15, 0.2) is 15.9 Å². The Bertz CT molecular complexity index is 363. The number of likely N-dealkylation sites (tertiary alicyclic amines) is 1. The molecule has 1 saturated heterocycles. The third-order valence-electron chi connectivity index (χ3n) is 2.73. The van der Waals surface area contributed by atoms with E-state index in [0.717, 1.165) is 28.2 Å². The van der Waals surface area contributed by atoms with E-state index in [1.54, 1.807) is 0 Å². The maximum Gasteiger partial charge on any atom is 0.263 e. The van der Waals surface area contributed by atoms with Crippen molar-refractivity contribution in [2.45, 2.75) is 19.8 Å². The molecular formula is C11H14BrNOS. The molecule has 1 aromatic rings. The van der Waals surface area contributed by atoms with E-state index in [2.05, 4.69) is 22.9 Å². The lowest BCUT2D eigenvalue weighted by Gasteiger charge is -2.30. The average Bonchev–Trinajstić information content (AvgIpc) is 2.64. The van der Waals surface area contributed by atoms with Crippen LogP contribution in [0.1, 0.15) is 29.4 Å². The van der Waals surface area contributed by atoms with Crippen LogP contribution in [-0.2, 0) is 0 Å². The van der Waals surface area contributed by atoms with Gasteiger partial charge in [-0.05, 0) is 46.8 Å². The fourth-order valence-electron chi connectivity index (χ4n) is 1.96. The zero-order valence-corrected chi connectivity index (χ0v) is 11.1. The molecule has 1 aliphatic heterocycles. The number of rotatable bonds is 1. The molecule has 0 spiro atoms. The summed E-state index contributed by atoms with van der Waals surface area (Å²) in [6.07, 6.45) is 2.39. The van der Waals surface area contributed by atoms with E-state index in [9.17, 15) is 4.79 Å². The second-order valence-corrected chi connectivity index (χ2v) is 6.57. The molecule has 1 aromatic heterocycles. The van der Waals surface area contributed by atoms with Crippen LogP contribution in [0.2, 0.25) is 0 Å². The van der Waals surface area contributed by atoms with Crippen molar-refractivity contribution in [2.24, 2.45) is 5.92 Å². The zero-order valence-electron chi connectivity index (χ0n) is 8.70. The topological polar surface area (TPSA) is 20.3 Å². The highest BCUT2D eigenvalue weighted by molar-refractivity contribution is 9.11. The van der Waals surface area contributed by atoms with E-state index < -0.39 is 0 Å². The van der Waals surface area contributed by atoms with E-state index in [1.807, 2.05) is 17.0 Å². The Morgan fingerprint density at radius 1 is 1.60 bits per heavy atom. The van der Waals surface area contributed by atoms with Gasteiger partial charge in [-0.15, -0.1) is 11.3 Å². The molecule has 0 unspecified atom stereocenters. The summed E-state index contributed by atoms with van der Waals surface area (Å²) in [7, 11) is 0. The van der Waals surface area contributed by atoms with Crippen LogP contribution in [-0.4, -0.2) is 23.9 Å². The Kier molecular flexibility index (Phi) is 3.46. The van der Waals surface area contributed by atoms with E-state index in [-0.39, 0.29) is 5.91 Å². The molecule has 2 rings (SSSR count). The van der Waals surface area contributed by atoms with Crippen LogP contribution < -0.4 is 0 Å². The van der Waals surface area contributed by atoms with Gasteiger partial charge in [0.25, 0.3) is 5.91 Å². The van der Waals surface area contributed by atoms with Crippen molar-refractivity contribution in [1.29, 1.82) is 0 Å². The van der Waals surface area contributed by atoms with E-state index in [1.165, 1.54) is 17.8 Å². The summed E-state index contributed by atoms with van der Waals surface area (Å²) in [5.74, 6) is 0.836. The summed E-state index contributed by atoms with van der Waals surface area (Å²) < 4.78 is 1.02. The van der Waals surface area contributed by atoms with Crippen LogP contribution in [0.3, 0.4) is 0 Å². The lowest BCUT2D eigenvalue weighted by Crippen LogP contribution is -2.38. The third kappa shape index (κ3) is 2.61. The number of amides is 1. The first-order chi connectivity index (χ1) is 7.16. The monoisotopic (exact) mass is 287 g/mol. The Morgan fingerprint density at radius 2 is 2.40 bits per heavy atom. The number of piperidine rings is 1. The summed E-state index contributed by atoms with van der Waals surface area (Å²) in [6, 6.07) is 3.83. The van der Waals surface area contributed by atoms with E-state index in [4.69, 9.17) is 0 Å². The minimum atomic E-state index is 0.192. The lowest BCUT2D eigenvalue weighted by molar-refractivity contribution is 0.0688. The molecule has 4 heteroatoms. The van der Waals surface area contributed by atoms with Gasteiger partial charge in [-0.1, -0.05) is 6.92 Å². The third-order valence-corrected chi connectivity index (χ3v) is 4.34. The van der Waals surface area contributed by atoms with Gasteiger partial charge in [-0.25, -0.2) is 0 Å². The van der Waals surface area contributed by atoms with Crippen LogP contribution in [0.25, 0.3) is 0 Å². The van der Waals surface area contributed by atoms with Crippen LogP contribution in [0.5, 0.6) is 0 Å². The highest BCUT2D eigenvalue weighted by Crippen LogP contribution is 2.25. The largest absolute Gasteiger partial charge is 0.338 e. The summed E-state index contributed by atoms with van der Waals surface area (Å²) in [4.78, 5) is 14.9. The molecule has 2 heterocycles. The minimum Gasteiger partial charge on any atom is -0.338 e. The van der Waals surface area contributed by atoms with Gasteiger partial charge in [0.15, 0.2) is 0 Å². The molecule has 0 saturated carbocycles. The molecule has 1 atom stereocenters. The van der Waals surface area contributed by atoms with Crippen molar-refractivity contribution in [2.75, 3.05) is 13.1 Å². The molecule has 1 aliphatic rings. The second-order valence-electron chi connectivity index (χ2n) is 4.10. The maximum absolute atomic E-state index is 12.1.